The standard InChI is InChI=1S/C20H15ClFN3O3/c1-28-19-7-4-16(25-20(19)12-2-3-14(22)13(21)10-12)18(27)6-5-17(26)15-8-9-23-11-24-15/h2-4,7-11H,5-6H2,1H3. The number of rotatable bonds is 7. The Bertz CT molecular complexity index is 1030. The van der Waals surface area contributed by atoms with Crippen LogP contribution in [0.4, 0.5) is 4.39 Å². The summed E-state index contributed by atoms with van der Waals surface area (Å²) in [6, 6.07) is 8.74. The molecule has 2 aromatic heterocycles. The van der Waals surface area contributed by atoms with E-state index in [0.717, 1.165) is 0 Å². The van der Waals surface area contributed by atoms with Crippen molar-refractivity contribution in [1.82, 2.24) is 15.0 Å². The van der Waals surface area contributed by atoms with Crippen molar-refractivity contribution in [2.45, 2.75) is 12.8 Å². The van der Waals surface area contributed by atoms with E-state index in [1.54, 1.807) is 6.07 Å². The van der Waals surface area contributed by atoms with Gasteiger partial charge in [-0.2, -0.15) is 0 Å². The molecule has 1 aromatic carbocycles. The monoisotopic (exact) mass is 399 g/mol. The predicted molar refractivity (Wildman–Crippen MR) is 101 cm³/mol. The van der Waals surface area contributed by atoms with Gasteiger partial charge in [-0.25, -0.2) is 19.3 Å². The summed E-state index contributed by atoms with van der Waals surface area (Å²) in [5.41, 5.74) is 1.30. The van der Waals surface area contributed by atoms with Crippen molar-refractivity contribution in [3.05, 3.63) is 71.2 Å². The lowest BCUT2D eigenvalue weighted by Crippen LogP contribution is -2.09. The third-order valence-electron chi connectivity index (χ3n) is 4.00. The summed E-state index contributed by atoms with van der Waals surface area (Å²) in [5.74, 6) is -0.703. The molecule has 6 nitrogen and oxygen atoms in total. The lowest BCUT2D eigenvalue weighted by atomic mass is 10.1. The molecule has 0 spiro atoms. The van der Waals surface area contributed by atoms with E-state index < -0.39 is 5.82 Å². The number of Topliss-reactive ketones (excluding diaryl/α,β-unsaturated/α-hetero) is 2. The normalized spacial score (nSPS) is 10.5. The second kappa shape index (κ2) is 8.67. The molecule has 2 heterocycles. The maximum atomic E-state index is 13.4. The third kappa shape index (κ3) is 4.37. The summed E-state index contributed by atoms with van der Waals surface area (Å²) in [7, 11) is 1.47. The number of hydrogen-bond donors (Lipinski definition) is 0. The second-order valence-electron chi connectivity index (χ2n) is 5.82. The summed E-state index contributed by atoms with van der Waals surface area (Å²) in [4.78, 5) is 36.6. The molecule has 0 aliphatic heterocycles. The molecule has 0 fully saturated rings. The van der Waals surface area contributed by atoms with E-state index in [2.05, 4.69) is 15.0 Å². The fourth-order valence-corrected chi connectivity index (χ4v) is 2.74. The fraction of sp³-hybridized carbons (Fsp3) is 0.150. The van der Waals surface area contributed by atoms with Gasteiger partial charge in [0.1, 0.15) is 35.0 Å². The summed E-state index contributed by atoms with van der Waals surface area (Å²) in [5, 5.41) is -0.0615. The van der Waals surface area contributed by atoms with Gasteiger partial charge in [-0.05, 0) is 36.4 Å². The van der Waals surface area contributed by atoms with Gasteiger partial charge in [-0.15, -0.1) is 0 Å². The molecule has 0 saturated heterocycles. The molecular formula is C20H15ClFN3O3. The number of ketones is 2. The molecule has 142 valence electrons. The topological polar surface area (TPSA) is 82.0 Å². The number of nitrogens with zero attached hydrogens (tertiary/aromatic N) is 3. The first kappa shape index (κ1) is 19.6. The van der Waals surface area contributed by atoms with Gasteiger partial charge < -0.3 is 4.74 Å². The summed E-state index contributed by atoms with van der Waals surface area (Å²) >= 11 is 5.85. The Morgan fingerprint density at radius 1 is 1.07 bits per heavy atom. The average Bonchev–Trinajstić information content (AvgIpc) is 2.73. The van der Waals surface area contributed by atoms with Crippen molar-refractivity contribution in [2.75, 3.05) is 7.11 Å². The minimum absolute atomic E-state index is 0.00126. The van der Waals surface area contributed by atoms with Gasteiger partial charge in [0.2, 0.25) is 0 Å². The van der Waals surface area contributed by atoms with Crippen molar-refractivity contribution in [2.24, 2.45) is 0 Å². The second-order valence-corrected chi connectivity index (χ2v) is 6.22. The van der Waals surface area contributed by atoms with E-state index in [-0.39, 0.29) is 40.8 Å². The van der Waals surface area contributed by atoms with Gasteiger partial charge in [0.25, 0.3) is 0 Å². The van der Waals surface area contributed by atoms with Crippen molar-refractivity contribution < 1.29 is 18.7 Å². The predicted octanol–water partition coefficient (Wildman–Crippen LogP) is 4.19. The summed E-state index contributed by atoms with van der Waals surface area (Å²) in [6.45, 7) is 0. The Balaban J connectivity index is 1.81. The minimum atomic E-state index is -0.556. The molecule has 0 saturated carbocycles. The highest BCUT2D eigenvalue weighted by Gasteiger charge is 2.17. The van der Waals surface area contributed by atoms with E-state index in [0.29, 0.717) is 17.0 Å². The molecule has 0 amide bonds. The van der Waals surface area contributed by atoms with Gasteiger partial charge in [0.05, 0.1) is 12.1 Å². The minimum Gasteiger partial charge on any atom is -0.494 e. The zero-order chi connectivity index (χ0) is 20.1. The zero-order valence-corrected chi connectivity index (χ0v) is 15.6. The van der Waals surface area contributed by atoms with Crippen molar-refractivity contribution in [1.29, 1.82) is 0 Å². The van der Waals surface area contributed by atoms with Gasteiger partial charge >= 0.3 is 0 Å². The fourth-order valence-electron chi connectivity index (χ4n) is 2.56. The molecule has 0 aliphatic carbocycles. The molecule has 8 heteroatoms. The first-order valence-electron chi connectivity index (χ1n) is 8.32. The number of hydrogen-bond acceptors (Lipinski definition) is 6. The largest absolute Gasteiger partial charge is 0.494 e. The van der Waals surface area contributed by atoms with Crippen LogP contribution in [0.25, 0.3) is 11.3 Å². The highest BCUT2D eigenvalue weighted by atomic mass is 35.5. The summed E-state index contributed by atoms with van der Waals surface area (Å²) < 4.78 is 18.7. The maximum absolute atomic E-state index is 13.4. The van der Waals surface area contributed by atoms with E-state index in [1.165, 1.54) is 50.0 Å². The Morgan fingerprint density at radius 2 is 1.82 bits per heavy atom. The maximum Gasteiger partial charge on any atom is 0.181 e. The van der Waals surface area contributed by atoms with Crippen LogP contribution in [0, 0.1) is 5.82 Å². The number of benzene rings is 1. The third-order valence-corrected chi connectivity index (χ3v) is 4.29. The van der Waals surface area contributed by atoms with Crippen molar-refractivity contribution >= 4 is 23.2 Å². The van der Waals surface area contributed by atoms with Gasteiger partial charge in [0.15, 0.2) is 11.6 Å². The van der Waals surface area contributed by atoms with Crippen molar-refractivity contribution in [3.8, 4) is 17.0 Å². The first-order chi connectivity index (χ1) is 13.5. The van der Waals surface area contributed by atoms with E-state index in [4.69, 9.17) is 16.3 Å². The Labute approximate surface area is 165 Å². The Hall–Kier alpha value is -3.19. The van der Waals surface area contributed by atoms with Crippen LogP contribution in [0.1, 0.15) is 33.8 Å². The molecule has 0 N–H and O–H groups in total. The summed E-state index contributed by atoms with van der Waals surface area (Å²) in [6.07, 6.45) is 2.72. The number of methoxy groups -OCH3 is 1. The van der Waals surface area contributed by atoms with Crippen molar-refractivity contribution in [3.63, 3.8) is 0 Å². The highest BCUT2D eigenvalue weighted by Crippen LogP contribution is 2.31. The SMILES string of the molecule is COc1ccc(C(=O)CCC(=O)c2ccncn2)nc1-c1ccc(F)c(Cl)c1. The van der Waals surface area contributed by atoms with Gasteiger partial charge in [-0.3, -0.25) is 9.59 Å². The number of aromatic nitrogens is 3. The van der Waals surface area contributed by atoms with E-state index in [1.807, 2.05) is 0 Å². The number of carbonyl (C=O) groups is 2. The molecule has 3 aromatic rings. The van der Waals surface area contributed by atoms with E-state index in [9.17, 15) is 14.0 Å². The molecule has 28 heavy (non-hydrogen) atoms. The molecular weight excluding hydrogens is 385 g/mol. The molecule has 0 radical (unpaired) electrons. The van der Waals surface area contributed by atoms with Crippen LogP contribution in [0.15, 0.2) is 48.9 Å². The first-order valence-corrected chi connectivity index (χ1v) is 8.70. The molecule has 0 bridgehead atoms. The smallest absolute Gasteiger partial charge is 0.181 e. The van der Waals surface area contributed by atoms with Gasteiger partial charge in [0, 0.05) is 24.6 Å². The lowest BCUT2D eigenvalue weighted by Gasteiger charge is -2.10. The van der Waals surface area contributed by atoms with Gasteiger partial charge in [-0.1, -0.05) is 11.6 Å². The number of carbonyl (C=O) groups excluding carboxylic acids is 2. The lowest BCUT2D eigenvalue weighted by molar-refractivity contribution is 0.0912. The van der Waals surface area contributed by atoms with Crippen LogP contribution in [0.3, 0.4) is 0 Å². The number of halogens is 2. The highest BCUT2D eigenvalue weighted by molar-refractivity contribution is 6.31. The van der Waals surface area contributed by atoms with Crippen LogP contribution >= 0.6 is 11.6 Å². The van der Waals surface area contributed by atoms with E-state index >= 15 is 0 Å². The Kier molecular flexibility index (Phi) is 6.06. The van der Waals surface area contributed by atoms with Crippen LogP contribution in [0.5, 0.6) is 5.75 Å². The molecule has 3 rings (SSSR count). The zero-order valence-electron chi connectivity index (χ0n) is 14.9. The number of ether oxygens (including phenoxy) is 1. The molecule has 0 unspecified atom stereocenters. The quantitative estimate of drug-likeness (QED) is 0.554. The Morgan fingerprint density at radius 3 is 2.46 bits per heavy atom. The number of pyridine rings is 1. The van der Waals surface area contributed by atoms with Crippen LogP contribution in [0.2, 0.25) is 5.02 Å². The average molecular weight is 400 g/mol. The van der Waals surface area contributed by atoms with Crippen LogP contribution < -0.4 is 4.74 Å². The van der Waals surface area contributed by atoms with Crippen LogP contribution in [-0.2, 0) is 0 Å². The van der Waals surface area contributed by atoms with Crippen LogP contribution in [-0.4, -0.2) is 33.6 Å². The molecule has 0 aliphatic rings. The molecule has 0 atom stereocenters.